The van der Waals surface area contributed by atoms with E-state index in [9.17, 15) is 0 Å². The van der Waals surface area contributed by atoms with Crippen molar-refractivity contribution < 1.29 is 0 Å². The molecule has 0 aromatic heterocycles. The van der Waals surface area contributed by atoms with E-state index in [2.05, 4.69) is 22.2 Å². The van der Waals surface area contributed by atoms with Crippen LogP contribution >= 0.6 is 0 Å². The van der Waals surface area contributed by atoms with Gasteiger partial charge in [-0.25, -0.2) is 0 Å². The molecule has 0 radical (unpaired) electrons. The predicted octanol–water partition coefficient (Wildman–Crippen LogP) is 0.623. The van der Waals surface area contributed by atoms with Crippen molar-refractivity contribution in [2.24, 2.45) is 11.3 Å². The smallest absolute Gasteiger partial charge is 0.00943 e. The van der Waals surface area contributed by atoms with Crippen LogP contribution in [-0.2, 0) is 0 Å². The molecule has 92 valence electrons. The highest BCUT2D eigenvalue weighted by atomic mass is 15.2. The maximum Gasteiger partial charge on any atom is 0.00943 e. The molecule has 0 bridgehead atoms. The normalized spacial score (nSPS) is 32.1. The molecule has 0 aromatic rings. The summed E-state index contributed by atoms with van der Waals surface area (Å²) in [4.78, 5) is 5.16. The molecule has 3 heteroatoms. The summed E-state index contributed by atoms with van der Waals surface area (Å²) in [6.45, 7) is 9.25. The van der Waals surface area contributed by atoms with Crippen LogP contribution in [0, 0.1) is 11.3 Å². The molecule has 0 saturated carbocycles. The zero-order chi connectivity index (χ0) is 11.0. The number of piperidine rings is 1. The van der Waals surface area contributed by atoms with E-state index in [0.29, 0.717) is 5.41 Å². The Balaban J connectivity index is 1.41. The zero-order valence-electron chi connectivity index (χ0n) is 10.5. The summed E-state index contributed by atoms with van der Waals surface area (Å²) in [7, 11) is 2.25. The molecule has 3 aliphatic heterocycles. The van der Waals surface area contributed by atoms with Crippen molar-refractivity contribution in [2.75, 3.05) is 52.9 Å². The maximum atomic E-state index is 3.51. The average molecular weight is 223 g/mol. The predicted molar refractivity (Wildman–Crippen MR) is 66.6 cm³/mol. The quantitative estimate of drug-likeness (QED) is 0.740. The van der Waals surface area contributed by atoms with Gasteiger partial charge in [-0.2, -0.15) is 0 Å². The Hall–Kier alpha value is -0.120. The summed E-state index contributed by atoms with van der Waals surface area (Å²) in [5.41, 5.74) is 0.686. The second-order valence-electron chi connectivity index (χ2n) is 6.34. The van der Waals surface area contributed by atoms with Gasteiger partial charge in [0, 0.05) is 31.6 Å². The summed E-state index contributed by atoms with van der Waals surface area (Å²) in [6, 6.07) is 0. The summed E-state index contributed by atoms with van der Waals surface area (Å²) in [5.74, 6) is 0.975. The van der Waals surface area contributed by atoms with E-state index < -0.39 is 0 Å². The maximum absolute atomic E-state index is 3.51. The number of nitrogens with one attached hydrogen (secondary N) is 1. The van der Waals surface area contributed by atoms with Crippen molar-refractivity contribution in [3.63, 3.8) is 0 Å². The first kappa shape index (κ1) is 11.0. The van der Waals surface area contributed by atoms with Gasteiger partial charge in [-0.05, 0) is 51.9 Å². The second kappa shape index (κ2) is 4.28. The molecule has 3 rings (SSSR count). The first-order chi connectivity index (χ1) is 7.76. The molecule has 0 aromatic carbocycles. The number of hydrogen-bond donors (Lipinski definition) is 1. The lowest BCUT2D eigenvalue weighted by molar-refractivity contribution is -0.00177. The molecule has 3 fully saturated rings. The molecule has 1 N–H and O–H groups in total. The highest BCUT2D eigenvalue weighted by Gasteiger charge is 2.44. The van der Waals surface area contributed by atoms with Crippen LogP contribution < -0.4 is 5.32 Å². The molecular weight excluding hydrogens is 198 g/mol. The number of likely N-dealkylation sites (tertiary alicyclic amines) is 2. The van der Waals surface area contributed by atoms with Gasteiger partial charge in [-0.15, -0.1) is 0 Å². The summed E-state index contributed by atoms with van der Waals surface area (Å²) >= 11 is 0. The van der Waals surface area contributed by atoms with Crippen molar-refractivity contribution in [1.82, 2.24) is 15.1 Å². The summed E-state index contributed by atoms with van der Waals surface area (Å²) < 4.78 is 0. The van der Waals surface area contributed by atoms with Gasteiger partial charge in [0.15, 0.2) is 0 Å². The highest BCUT2D eigenvalue weighted by molar-refractivity contribution is 5.00. The Morgan fingerprint density at radius 2 is 2.00 bits per heavy atom. The molecule has 1 spiro atoms. The van der Waals surface area contributed by atoms with Crippen LogP contribution in [0.1, 0.15) is 19.3 Å². The third-order valence-corrected chi connectivity index (χ3v) is 4.80. The largest absolute Gasteiger partial charge is 0.316 e. The standard InChI is InChI=1S/C13H25N3/c1-15-6-2-12(3-7-15)8-16-10-13(11-16)4-5-14-9-13/h12,14H,2-11H2,1H3. The lowest BCUT2D eigenvalue weighted by atomic mass is 9.78. The van der Waals surface area contributed by atoms with Crippen LogP contribution in [0.25, 0.3) is 0 Å². The Bertz CT molecular complexity index is 232. The average Bonchev–Trinajstić information content (AvgIpc) is 2.70. The SMILES string of the molecule is CN1CCC(CN2CC3(CCNC3)C2)CC1. The van der Waals surface area contributed by atoms with Crippen molar-refractivity contribution in [2.45, 2.75) is 19.3 Å². The van der Waals surface area contributed by atoms with E-state index in [0.717, 1.165) is 5.92 Å². The molecule has 16 heavy (non-hydrogen) atoms. The van der Waals surface area contributed by atoms with Crippen molar-refractivity contribution in [3.8, 4) is 0 Å². The van der Waals surface area contributed by atoms with E-state index >= 15 is 0 Å². The first-order valence-corrected chi connectivity index (χ1v) is 6.87. The fourth-order valence-corrected chi connectivity index (χ4v) is 3.71. The molecule has 0 aliphatic carbocycles. The third kappa shape index (κ3) is 2.13. The molecular formula is C13H25N3. The van der Waals surface area contributed by atoms with Gasteiger partial charge in [0.1, 0.15) is 0 Å². The van der Waals surface area contributed by atoms with Gasteiger partial charge < -0.3 is 15.1 Å². The van der Waals surface area contributed by atoms with Gasteiger partial charge in [0.2, 0.25) is 0 Å². The van der Waals surface area contributed by atoms with Crippen LogP contribution in [0.5, 0.6) is 0 Å². The van der Waals surface area contributed by atoms with Crippen molar-refractivity contribution >= 4 is 0 Å². The number of nitrogens with zero attached hydrogens (tertiary/aromatic N) is 2. The fraction of sp³-hybridized carbons (Fsp3) is 1.00. The number of rotatable bonds is 2. The lowest BCUT2D eigenvalue weighted by Crippen LogP contribution is -2.58. The van der Waals surface area contributed by atoms with E-state index in [1.807, 2.05) is 0 Å². The Kier molecular flexibility index (Phi) is 2.94. The van der Waals surface area contributed by atoms with E-state index in [1.165, 1.54) is 65.1 Å². The van der Waals surface area contributed by atoms with E-state index in [4.69, 9.17) is 0 Å². The highest BCUT2D eigenvalue weighted by Crippen LogP contribution is 2.36. The molecule has 3 heterocycles. The Morgan fingerprint density at radius 3 is 2.62 bits per heavy atom. The van der Waals surface area contributed by atoms with E-state index in [1.54, 1.807) is 0 Å². The van der Waals surface area contributed by atoms with Crippen molar-refractivity contribution in [3.05, 3.63) is 0 Å². The molecule has 3 saturated heterocycles. The van der Waals surface area contributed by atoms with Gasteiger partial charge in [0.25, 0.3) is 0 Å². The van der Waals surface area contributed by atoms with Gasteiger partial charge in [-0.3, -0.25) is 0 Å². The second-order valence-corrected chi connectivity index (χ2v) is 6.34. The molecule has 3 aliphatic rings. The summed E-state index contributed by atoms with van der Waals surface area (Å²) in [5, 5.41) is 3.51. The molecule has 0 atom stereocenters. The van der Waals surface area contributed by atoms with Gasteiger partial charge in [0.05, 0.1) is 0 Å². The van der Waals surface area contributed by atoms with E-state index in [-0.39, 0.29) is 0 Å². The molecule has 0 amide bonds. The molecule has 3 nitrogen and oxygen atoms in total. The molecule has 0 unspecified atom stereocenters. The first-order valence-electron chi connectivity index (χ1n) is 6.87. The van der Waals surface area contributed by atoms with Crippen LogP contribution in [0.3, 0.4) is 0 Å². The van der Waals surface area contributed by atoms with Gasteiger partial charge in [-0.1, -0.05) is 0 Å². The Morgan fingerprint density at radius 1 is 1.25 bits per heavy atom. The topological polar surface area (TPSA) is 18.5 Å². The van der Waals surface area contributed by atoms with Crippen LogP contribution in [0.2, 0.25) is 0 Å². The fourth-order valence-electron chi connectivity index (χ4n) is 3.71. The minimum atomic E-state index is 0.686. The number of hydrogen-bond acceptors (Lipinski definition) is 3. The van der Waals surface area contributed by atoms with Crippen LogP contribution in [0.15, 0.2) is 0 Å². The minimum Gasteiger partial charge on any atom is -0.316 e. The van der Waals surface area contributed by atoms with Gasteiger partial charge >= 0.3 is 0 Å². The van der Waals surface area contributed by atoms with Crippen LogP contribution in [-0.4, -0.2) is 62.7 Å². The lowest BCUT2D eigenvalue weighted by Gasteiger charge is -2.49. The minimum absolute atomic E-state index is 0.686. The van der Waals surface area contributed by atoms with Crippen molar-refractivity contribution in [1.29, 1.82) is 0 Å². The Labute approximate surface area is 99.2 Å². The van der Waals surface area contributed by atoms with Crippen LogP contribution in [0.4, 0.5) is 0 Å². The zero-order valence-corrected chi connectivity index (χ0v) is 10.5. The monoisotopic (exact) mass is 223 g/mol. The summed E-state index contributed by atoms with van der Waals surface area (Å²) in [6.07, 6.45) is 4.24. The third-order valence-electron chi connectivity index (χ3n) is 4.80.